The van der Waals surface area contributed by atoms with Crippen molar-refractivity contribution in [2.75, 3.05) is 0 Å². The first-order chi connectivity index (χ1) is 4.33. The highest BCUT2D eigenvalue weighted by Gasteiger charge is 2.15. The molecule has 0 saturated heterocycles. The SMILES string of the molecule is C#CC1CCC(N)CC1.Cl. The molecule has 1 aliphatic rings. The maximum absolute atomic E-state index is 5.68. The fraction of sp³-hybridized carbons (Fsp3) is 0.750. The number of halogens is 1. The van der Waals surface area contributed by atoms with Crippen LogP contribution in [0.25, 0.3) is 0 Å². The number of rotatable bonds is 0. The molecule has 58 valence electrons. The van der Waals surface area contributed by atoms with E-state index in [4.69, 9.17) is 12.2 Å². The lowest BCUT2D eigenvalue weighted by molar-refractivity contribution is 0.384. The largest absolute Gasteiger partial charge is 0.328 e. The molecule has 1 aliphatic carbocycles. The van der Waals surface area contributed by atoms with Crippen LogP contribution >= 0.6 is 12.4 Å². The zero-order valence-corrected chi connectivity index (χ0v) is 6.86. The van der Waals surface area contributed by atoms with Crippen LogP contribution in [-0.2, 0) is 0 Å². The molecule has 0 aromatic carbocycles. The molecule has 0 aromatic rings. The average Bonchev–Trinajstić information content (AvgIpc) is 1.90. The predicted molar refractivity (Wildman–Crippen MR) is 46.0 cm³/mol. The molecule has 0 unspecified atom stereocenters. The van der Waals surface area contributed by atoms with Crippen LogP contribution in [0.15, 0.2) is 0 Å². The number of terminal acetylenes is 1. The topological polar surface area (TPSA) is 26.0 Å². The van der Waals surface area contributed by atoms with Gasteiger partial charge in [0.1, 0.15) is 0 Å². The number of hydrogen-bond acceptors (Lipinski definition) is 1. The van der Waals surface area contributed by atoms with Gasteiger partial charge in [-0.1, -0.05) is 0 Å². The van der Waals surface area contributed by atoms with Crippen molar-refractivity contribution in [3.05, 3.63) is 0 Å². The van der Waals surface area contributed by atoms with Crippen molar-refractivity contribution in [1.82, 2.24) is 0 Å². The molecule has 10 heavy (non-hydrogen) atoms. The summed E-state index contributed by atoms with van der Waals surface area (Å²) in [4.78, 5) is 0. The molecule has 0 spiro atoms. The smallest absolute Gasteiger partial charge is 0.0201 e. The van der Waals surface area contributed by atoms with E-state index in [0.29, 0.717) is 12.0 Å². The van der Waals surface area contributed by atoms with Gasteiger partial charge in [-0.15, -0.1) is 24.8 Å². The van der Waals surface area contributed by atoms with Gasteiger partial charge < -0.3 is 5.73 Å². The summed E-state index contributed by atoms with van der Waals surface area (Å²) in [6, 6.07) is 0.426. The minimum Gasteiger partial charge on any atom is -0.328 e. The second kappa shape index (κ2) is 4.60. The van der Waals surface area contributed by atoms with Gasteiger partial charge in [0.05, 0.1) is 0 Å². The second-order valence-corrected chi connectivity index (χ2v) is 2.78. The van der Waals surface area contributed by atoms with E-state index >= 15 is 0 Å². The molecule has 1 rings (SSSR count). The van der Waals surface area contributed by atoms with Crippen molar-refractivity contribution >= 4 is 12.4 Å². The zero-order valence-electron chi connectivity index (χ0n) is 6.05. The molecule has 2 N–H and O–H groups in total. The molecule has 0 radical (unpaired) electrons. The van der Waals surface area contributed by atoms with E-state index in [0.717, 1.165) is 25.7 Å². The summed E-state index contributed by atoms with van der Waals surface area (Å²) in [7, 11) is 0. The van der Waals surface area contributed by atoms with Crippen molar-refractivity contribution in [2.45, 2.75) is 31.7 Å². The lowest BCUT2D eigenvalue weighted by Crippen LogP contribution is -2.25. The van der Waals surface area contributed by atoms with Gasteiger partial charge in [-0.05, 0) is 25.7 Å². The highest BCUT2D eigenvalue weighted by molar-refractivity contribution is 5.85. The third-order valence-electron chi connectivity index (χ3n) is 2.01. The Bertz CT molecular complexity index is 120. The van der Waals surface area contributed by atoms with Gasteiger partial charge in [0, 0.05) is 12.0 Å². The van der Waals surface area contributed by atoms with Gasteiger partial charge in [-0.25, -0.2) is 0 Å². The summed E-state index contributed by atoms with van der Waals surface area (Å²) in [5.41, 5.74) is 5.68. The van der Waals surface area contributed by atoms with E-state index < -0.39 is 0 Å². The molecular formula is C8H14ClN. The van der Waals surface area contributed by atoms with Gasteiger partial charge in [0.25, 0.3) is 0 Å². The van der Waals surface area contributed by atoms with Crippen LogP contribution in [-0.4, -0.2) is 6.04 Å². The van der Waals surface area contributed by atoms with Crippen LogP contribution < -0.4 is 5.73 Å². The Hall–Kier alpha value is -0.190. The Balaban J connectivity index is 0.000000810. The van der Waals surface area contributed by atoms with Crippen LogP contribution in [0.3, 0.4) is 0 Å². The van der Waals surface area contributed by atoms with Crippen molar-refractivity contribution in [2.24, 2.45) is 11.7 Å². The minimum atomic E-state index is 0. The van der Waals surface area contributed by atoms with Crippen LogP contribution in [0.1, 0.15) is 25.7 Å². The van der Waals surface area contributed by atoms with E-state index in [1.165, 1.54) is 0 Å². The number of nitrogens with two attached hydrogens (primary N) is 1. The molecule has 0 atom stereocenters. The van der Waals surface area contributed by atoms with E-state index in [1.54, 1.807) is 0 Å². The molecule has 0 heterocycles. The van der Waals surface area contributed by atoms with Crippen LogP contribution in [0.5, 0.6) is 0 Å². The maximum Gasteiger partial charge on any atom is 0.0201 e. The second-order valence-electron chi connectivity index (χ2n) is 2.78. The molecule has 1 fully saturated rings. The van der Waals surface area contributed by atoms with Crippen molar-refractivity contribution < 1.29 is 0 Å². The lowest BCUT2D eigenvalue weighted by atomic mass is 9.87. The first kappa shape index (κ1) is 9.81. The standard InChI is InChI=1S/C8H13N.ClH/c1-2-7-3-5-8(9)6-4-7;/h1,7-8H,3-6,9H2;1H. The van der Waals surface area contributed by atoms with Gasteiger partial charge in [-0.3, -0.25) is 0 Å². The van der Waals surface area contributed by atoms with Gasteiger partial charge in [-0.2, -0.15) is 0 Å². The van der Waals surface area contributed by atoms with Crippen molar-refractivity contribution in [3.8, 4) is 12.3 Å². The summed E-state index contributed by atoms with van der Waals surface area (Å²) in [6.45, 7) is 0. The monoisotopic (exact) mass is 159 g/mol. The van der Waals surface area contributed by atoms with Crippen LogP contribution in [0, 0.1) is 18.3 Å². The predicted octanol–water partition coefficient (Wildman–Crippen LogP) is 1.56. The molecular weight excluding hydrogens is 146 g/mol. The molecule has 1 nitrogen and oxygen atoms in total. The number of hydrogen-bond donors (Lipinski definition) is 1. The summed E-state index contributed by atoms with van der Waals surface area (Å²) < 4.78 is 0. The van der Waals surface area contributed by atoms with Crippen molar-refractivity contribution in [3.63, 3.8) is 0 Å². The molecule has 0 aliphatic heterocycles. The molecule has 0 amide bonds. The molecule has 1 saturated carbocycles. The third-order valence-corrected chi connectivity index (χ3v) is 2.01. The van der Waals surface area contributed by atoms with E-state index in [2.05, 4.69) is 5.92 Å². The Labute approximate surface area is 68.8 Å². The van der Waals surface area contributed by atoms with Crippen LogP contribution in [0.2, 0.25) is 0 Å². The van der Waals surface area contributed by atoms with Gasteiger partial charge >= 0.3 is 0 Å². The van der Waals surface area contributed by atoms with E-state index in [1.807, 2.05) is 0 Å². The highest BCUT2D eigenvalue weighted by Crippen LogP contribution is 2.21. The summed E-state index contributed by atoms with van der Waals surface area (Å²) in [5, 5.41) is 0. The minimum absolute atomic E-state index is 0. The van der Waals surface area contributed by atoms with Crippen molar-refractivity contribution in [1.29, 1.82) is 0 Å². The zero-order chi connectivity index (χ0) is 6.69. The normalized spacial score (nSPS) is 32.0. The van der Waals surface area contributed by atoms with Gasteiger partial charge in [0.15, 0.2) is 0 Å². The lowest BCUT2D eigenvalue weighted by Gasteiger charge is -2.21. The fourth-order valence-corrected chi connectivity index (χ4v) is 1.29. The average molecular weight is 160 g/mol. The Morgan fingerprint density at radius 1 is 1.20 bits per heavy atom. The van der Waals surface area contributed by atoms with Gasteiger partial charge in [0.2, 0.25) is 0 Å². The Morgan fingerprint density at radius 2 is 1.70 bits per heavy atom. The third kappa shape index (κ3) is 2.60. The molecule has 0 aromatic heterocycles. The fourth-order valence-electron chi connectivity index (χ4n) is 1.29. The maximum atomic E-state index is 5.68. The van der Waals surface area contributed by atoms with E-state index in [9.17, 15) is 0 Å². The summed E-state index contributed by atoms with van der Waals surface area (Å²) in [5.74, 6) is 3.29. The summed E-state index contributed by atoms with van der Waals surface area (Å²) >= 11 is 0. The first-order valence-corrected chi connectivity index (χ1v) is 3.54. The Morgan fingerprint density at radius 3 is 2.10 bits per heavy atom. The van der Waals surface area contributed by atoms with Crippen LogP contribution in [0.4, 0.5) is 0 Å². The summed E-state index contributed by atoms with van der Waals surface area (Å²) in [6.07, 6.45) is 9.77. The quantitative estimate of drug-likeness (QED) is 0.534. The molecule has 0 bridgehead atoms. The Kier molecular flexibility index (Phi) is 4.51. The highest BCUT2D eigenvalue weighted by atomic mass is 35.5. The van der Waals surface area contributed by atoms with E-state index in [-0.39, 0.29) is 12.4 Å². The molecule has 2 heteroatoms. The first-order valence-electron chi connectivity index (χ1n) is 3.54.